The van der Waals surface area contributed by atoms with E-state index >= 15 is 0 Å². The lowest BCUT2D eigenvalue weighted by Gasteiger charge is -2.32. The minimum atomic E-state index is -4.70. The zero-order valence-electron chi connectivity index (χ0n) is 17.0. The smallest absolute Gasteiger partial charge is 0.405 e. The van der Waals surface area contributed by atoms with Gasteiger partial charge in [-0.15, -0.1) is 13.2 Å². The molecule has 0 unspecified atom stereocenters. The SMILES string of the molecule is Fc1cc2c3c(c1)nc(CN1CCC(c4ccccc4OC(F)(F)F)CC1)n3CCC2. The van der Waals surface area contributed by atoms with Crippen LogP contribution >= 0.6 is 0 Å². The Morgan fingerprint density at radius 2 is 1.84 bits per heavy atom. The van der Waals surface area contributed by atoms with E-state index < -0.39 is 6.36 Å². The Labute approximate surface area is 177 Å². The molecule has 0 spiro atoms. The number of piperidine rings is 1. The van der Waals surface area contributed by atoms with E-state index in [2.05, 4.69) is 14.2 Å². The molecule has 3 aromatic rings. The van der Waals surface area contributed by atoms with E-state index in [0.717, 1.165) is 62.2 Å². The van der Waals surface area contributed by atoms with Crippen molar-refractivity contribution >= 4 is 11.0 Å². The summed E-state index contributed by atoms with van der Waals surface area (Å²) < 4.78 is 58.6. The van der Waals surface area contributed by atoms with E-state index in [0.29, 0.717) is 17.6 Å². The molecule has 164 valence electrons. The first-order valence-electron chi connectivity index (χ1n) is 10.6. The van der Waals surface area contributed by atoms with Crippen LogP contribution in [-0.2, 0) is 19.5 Å². The van der Waals surface area contributed by atoms with E-state index in [-0.39, 0.29) is 17.5 Å². The number of rotatable bonds is 4. The summed E-state index contributed by atoms with van der Waals surface area (Å²) in [6.07, 6.45) is -1.37. The molecular weight excluding hydrogens is 410 g/mol. The van der Waals surface area contributed by atoms with Gasteiger partial charge in [0, 0.05) is 12.6 Å². The number of hydrogen-bond donors (Lipinski definition) is 0. The summed E-state index contributed by atoms with van der Waals surface area (Å²) in [4.78, 5) is 6.98. The summed E-state index contributed by atoms with van der Waals surface area (Å²) in [6, 6.07) is 9.52. The molecule has 2 aliphatic heterocycles. The molecule has 0 radical (unpaired) electrons. The van der Waals surface area contributed by atoms with Gasteiger partial charge in [0.05, 0.1) is 17.6 Å². The van der Waals surface area contributed by atoms with Gasteiger partial charge < -0.3 is 9.30 Å². The molecular formula is C23H23F4N3O. The van der Waals surface area contributed by atoms with Gasteiger partial charge in [0.25, 0.3) is 0 Å². The van der Waals surface area contributed by atoms with Gasteiger partial charge in [-0.1, -0.05) is 18.2 Å². The van der Waals surface area contributed by atoms with Crippen LogP contribution in [0, 0.1) is 5.82 Å². The van der Waals surface area contributed by atoms with Gasteiger partial charge in [0.15, 0.2) is 0 Å². The highest BCUT2D eigenvalue weighted by atomic mass is 19.4. The van der Waals surface area contributed by atoms with Crippen LogP contribution in [-0.4, -0.2) is 33.9 Å². The number of aromatic nitrogens is 2. The standard InChI is InChI=1S/C23H23F4N3O/c24-17-12-16-4-3-9-30-21(28-19(13-17)22(16)30)14-29-10-7-15(8-11-29)18-5-1-2-6-20(18)31-23(25,26)27/h1-2,5-6,12-13,15H,3-4,7-11,14H2. The van der Waals surface area contributed by atoms with E-state index in [4.69, 9.17) is 4.98 Å². The van der Waals surface area contributed by atoms with E-state index in [1.54, 1.807) is 24.3 Å². The van der Waals surface area contributed by atoms with Crippen LogP contribution in [0.15, 0.2) is 36.4 Å². The van der Waals surface area contributed by atoms with Crippen molar-refractivity contribution in [1.82, 2.24) is 14.5 Å². The Balaban J connectivity index is 1.30. The lowest BCUT2D eigenvalue weighted by atomic mass is 9.89. The number of nitrogens with zero attached hydrogens (tertiary/aromatic N) is 3. The third-order valence-electron chi connectivity index (χ3n) is 6.33. The maximum Gasteiger partial charge on any atom is 0.573 e. The fourth-order valence-corrected chi connectivity index (χ4v) is 4.98. The predicted molar refractivity (Wildman–Crippen MR) is 108 cm³/mol. The van der Waals surface area contributed by atoms with Gasteiger partial charge in [-0.3, -0.25) is 4.90 Å². The summed E-state index contributed by atoms with van der Waals surface area (Å²) >= 11 is 0. The lowest BCUT2D eigenvalue weighted by Crippen LogP contribution is -2.33. The molecule has 1 saturated heterocycles. The third kappa shape index (κ3) is 4.13. The number of aryl methyl sites for hydroxylation is 2. The predicted octanol–water partition coefficient (Wildman–Crippen LogP) is 5.40. The first-order chi connectivity index (χ1) is 14.9. The average Bonchev–Trinajstić information content (AvgIpc) is 3.06. The van der Waals surface area contributed by atoms with E-state index in [1.165, 1.54) is 12.1 Å². The number of imidazole rings is 1. The van der Waals surface area contributed by atoms with Gasteiger partial charge in [-0.25, -0.2) is 9.37 Å². The zero-order valence-corrected chi connectivity index (χ0v) is 17.0. The number of likely N-dealkylation sites (tertiary alicyclic amines) is 1. The minimum absolute atomic E-state index is 0.0215. The molecule has 1 fully saturated rings. The fraction of sp³-hybridized carbons (Fsp3) is 0.435. The molecule has 3 heterocycles. The zero-order chi connectivity index (χ0) is 21.6. The molecule has 0 bridgehead atoms. The molecule has 1 aromatic heterocycles. The monoisotopic (exact) mass is 433 g/mol. The molecule has 0 atom stereocenters. The van der Waals surface area contributed by atoms with Crippen LogP contribution in [0.1, 0.15) is 42.1 Å². The quantitative estimate of drug-likeness (QED) is 0.516. The van der Waals surface area contributed by atoms with Gasteiger partial charge in [-0.05, 0) is 68.0 Å². The summed E-state index contributed by atoms with van der Waals surface area (Å²) in [5.41, 5.74) is 3.37. The summed E-state index contributed by atoms with van der Waals surface area (Å²) in [6.45, 7) is 3.05. The Hall–Kier alpha value is -2.61. The van der Waals surface area contributed by atoms with Gasteiger partial charge >= 0.3 is 6.36 Å². The normalized spacial score (nSPS) is 17.9. The summed E-state index contributed by atoms with van der Waals surface area (Å²) in [5, 5.41) is 0. The number of halogens is 4. The van der Waals surface area contributed by atoms with Gasteiger partial charge in [-0.2, -0.15) is 0 Å². The van der Waals surface area contributed by atoms with Crippen LogP contribution < -0.4 is 4.74 Å². The van der Waals surface area contributed by atoms with Crippen LogP contribution in [0.25, 0.3) is 11.0 Å². The number of benzene rings is 2. The van der Waals surface area contributed by atoms with Crippen LogP contribution in [0.4, 0.5) is 17.6 Å². The second kappa shape index (κ2) is 7.82. The highest BCUT2D eigenvalue weighted by molar-refractivity contribution is 5.80. The second-order valence-electron chi connectivity index (χ2n) is 8.35. The van der Waals surface area contributed by atoms with E-state index in [9.17, 15) is 17.6 Å². The number of alkyl halides is 3. The van der Waals surface area contributed by atoms with Crippen molar-refractivity contribution < 1.29 is 22.3 Å². The molecule has 8 heteroatoms. The topological polar surface area (TPSA) is 30.3 Å². The molecule has 4 nitrogen and oxygen atoms in total. The Morgan fingerprint density at radius 3 is 2.61 bits per heavy atom. The van der Waals surface area contributed by atoms with Crippen LogP contribution in [0.5, 0.6) is 5.75 Å². The summed E-state index contributed by atoms with van der Waals surface area (Å²) in [7, 11) is 0. The van der Waals surface area contributed by atoms with Crippen molar-refractivity contribution in [3.05, 3.63) is 59.2 Å². The first kappa shape index (κ1) is 20.3. The van der Waals surface area contributed by atoms with Crippen molar-refractivity contribution in [1.29, 1.82) is 0 Å². The molecule has 5 rings (SSSR count). The highest BCUT2D eigenvalue weighted by Crippen LogP contribution is 2.37. The molecule has 0 saturated carbocycles. The molecule has 0 amide bonds. The van der Waals surface area contributed by atoms with Crippen LogP contribution in [0.3, 0.4) is 0 Å². The molecule has 2 aromatic carbocycles. The maximum absolute atomic E-state index is 13.9. The summed E-state index contributed by atoms with van der Waals surface area (Å²) in [5.74, 6) is 0.599. The number of hydrogen-bond acceptors (Lipinski definition) is 3. The third-order valence-corrected chi connectivity index (χ3v) is 6.33. The molecule has 2 aliphatic rings. The largest absolute Gasteiger partial charge is 0.573 e. The van der Waals surface area contributed by atoms with Crippen molar-refractivity contribution in [2.24, 2.45) is 0 Å². The lowest BCUT2D eigenvalue weighted by molar-refractivity contribution is -0.275. The van der Waals surface area contributed by atoms with Gasteiger partial charge in [0.2, 0.25) is 0 Å². The van der Waals surface area contributed by atoms with Crippen molar-refractivity contribution in [2.45, 2.75) is 51.1 Å². The number of ether oxygens (including phenoxy) is 1. The van der Waals surface area contributed by atoms with Crippen LogP contribution in [0.2, 0.25) is 0 Å². The highest BCUT2D eigenvalue weighted by Gasteiger charge is 2.33. The molecule has 31 heavy (non-hydrogen) atoms. The first-order valence-corrected chi connectivity index (χ1v) is 10.6. The van der Waals surface area contributed by atoms with Crippen molar-refractivity contribution in [3.63, 3.8) is 0 Å². The fourth-order valence-electron chi connectivity index (χ4n) is 4.98. The Kier molecular flexibility index (Phi) is 5.12. The Bertz CT molecular complexity index is 1100. The Morgan fingerprint density at radius 1 is 1.06 bits per heavy atom. The van der Waals surface area contributed by atoms with Crippen molar-refractivity contribution in [3.8, 4) is 5.75 Å². The average molecular weight is 433 g/mol. The van der Waals surface area contributed by atoms with Gasteiger partial charge in [0.1, 0.15) is 17.4 Å². The molecule has 0 N–H and O–H groups in total. The number of para-hydroxylation sites is 1. The second-order valence-corrected chi connectivity index (χ2v) is 8.35. The van der Waals surface area contributed by atoms with E-state index in [1.807, 2.05) is 0 Å². The van der Waals surface area contributed by atoms with Crippen molar-refractivity contribution in [2.75, 3.05) is 13.1 Å². The minimum Gasteiger partial charge on any atom is -0.405 e. The molecule has 0 aliphatic carbocycles. The maximum atomic E-state index is 13.9.